The quantitative estimate of drug-likeness (QED) is 0.117. The van der Waals surface area contributed by atoms with Gasteiger partial charge in [0.1, 0.15) is 6.29 Å². The Labute approximate surface area is 311 Å². The first-order chi connectivity index (χ1) is 24.5. The molecule has 1 aliphatic heterocycles. The zero-order valence-corrected chi connectivity index (χ0v) is 32.9. The van der Waals surface area contributed by atoms with Crippen LogP contribution in [0.3, 0.4) is 0 Å². The third-order valence-corrected chi connectivity index (χ3v) is 10.1. The molecule has 0 aromatic heterocycles. The van der Waals surface area contributed by atoms with Crippen LogP contribution >= 0.6 is 0 Å². The molecular weight excluding hydrogens is 671 g/mol. The predicted octanol–water partition coefficient (Wildman–Crippen LogP) is 8.62. The normalized spacial score (nSPS) is 13.3. The fraction of sp³-hybridized carbons (Fsp3) is 0.395. The molecule has 0 aliphatic carbocycles. The fourth-order valence-corrected chi connectivity index (χ4v) is 6.91. The van der Waals surface area contributed by atoms with Gasteiger partial charge in [-0.3, -0.25) is 14.1 Å². The lowest BCUT2D eigenvalue weighted by Crippen LogP contribution is -2.38. The zero-order valence-electron chi connectivity index (χ0n) is 32.1. The summed E-state index contributed by atoms with van der Waals surface area (Å²) in [5.41, 5.74) is 11.7. The minimum absolute atomic E-state index is 0.0131. The highest BCUT2D eigenvalue weighted by Gasteiger charge is 2.28. The molecule has 8 nitrogen and oxygen atoms in total. The van der Waals surface area contributed by atoms with Gasteiger partial charge in [0.25, 0.3) is 10.1 Å². The van der Waals surface area contributed by atoms with Crippen LogP contribution < -0.4 is 15.5 Å². The molecule has 0 atom stereocenters. The van der Waals surface area contributed by atoms with Gasteiger partial charge in [0.05, 0.1) is 12.2 Å². The highest BCUT2D eigenvalue weighted by Crippen LogP contribution is 2.35. The third kappa shape index (κ3) is 14.0. The van der Waals surface area contributed by atoms with Gasteiger partial charge in [-0.2, -0.15) is 8.42 Å². The van der Waals surface area contributed by atoms with Crippen LogP contribution in [0, 0.1) is 39.0 Å². The van der Waals surface area contributed by atoms with E-state index in [0.717, 1.165) is 42.1 Å². The lowest BCUT2D eigenvalue weighted by molar-refractivity contribution is -0.115. The van der Waals surface area contributed by atoms with Crippen LogP contribution in [0.4, 0.5) is 11.4 Å². The van der Waals surface area contributed by atoms with E-state index < -0.39 is 10.1 Å². The van der Waals surface area contributed by atoms with Gasteiger partial charge in [0.15, 0.2) is 0 Å². The second-order valence-electron chi connectivity index (χ2n) is 14.8. The average molecular weight is 728 g/mol. The van der Waals surface area contributed by atoms with Crippen molar-refractivity contribution in [3.63, 3.8) is 0 Å². The Balaban J connectivity index is 0.000000351. The van der Waals surface area contributed by atoms with E-state index in [1.165, 1.54) is 51.9 Å². The summed E-state index contributed by atoms with van der Waals surface area (Å²) in [5, 5.41) is 5.64. The van der Waals surface area contributed by atoms with E-state index >= 15 is 0 Å². The Bertz CT molecular complexity index is 1820. The van der Waals surface area contributed by atoms with E-state index in [4.69, 9.17) is 4.55 Å². The van der Waals surface area contributed by atoms with Crippen molar-refractivity contribution in [1.82, 2.24) is 5.32 Å². The predicted molar refractivity (Wildman–Crippen MR) is 216 cm³/mol. The van der Waals surface area contributed by atoms with E-state index in [9.17, 15) is 18.0 Å². The molecule has 1 aliphatic rings. The molecule has 1 amide bonds. The number of hydrogen-bond donors (Lipinski definition) is 3. The molecule has 1 heterocycles. The Morgan fingerprint density at radius 3 is 1.87 bits per heavy atom. The molecule has 5 rings (SSSR count). The van der Waals surface area contributed by atoms with E-state index in [1.807, 2.05) is 43.3 Å². The van der Waals surface area contributed by atoms with Crippen molar-refractivity contribution in [1.29, 1.82) is 0 Å². The lowest BCUT2D eigenvalue weighted by atomic mass is 9.75. The average Bonchev–Trinajstić information content (AvgIpc) is 3.08. The SMILES string of the molecule is CNCCS(=O)(=O)O.Cc1cc(C)c(-c2ccc(NC(=O)Cc3ccc(N4CCC(C(C)(C)C)CC4)cc3)cc2)c(C)c1.Cc1ccc(C=O)cc1. The Hall–Kier alpha value is -4.31. The highest BCUT2D eigenvalue weighted by molar-refractivity contribution is 7.85. The van der Waals surface area contributed by atoms with Crippen LogP contribution in [0.25, 0.3) is 11.1 Å². The first kappa shape index (κ1) is 42.1. The summed E-state index contributed by atoms with van der Waals surface area (Å²) >= 11 is 0. The largest absolute Gasteiger partial charge is 0.372 e. The van der Waals surface area contributed by atoms with Crippen molar-refractivity contribution in [2.75, 3.05) is 42.7 Å². The van der Waals surface area contributed by atoms with Crippen molar-refractivity contribution in [3.8, 4) is 11.1 Å². The topological polar surface area (TPSA) is 116 Å². The van der Waals surface area contributed by atoms with Gasteiger partial charge in [0, 0.05) is 36.6 Å². The summed E-state index contributed by atoms with van der Waals surface area (Å²) < 4.78 is 27.9. The molecule has 0 unspecified atom stereocenters. The van der Waals surface area contributed by atoms with E-state index in [0.29, 0.717) is 18.4 Å². The Kier molecular flexibility index (Phi) is 15.8. The summed E-state index contributed by atoms with van der Waals surface area (Å²) in [7, 11) is -2.13. The monoisotopic (exact) mass is 727 g/mol. The number of carbonyl (C=O) groups excluding carboxylic acids is 2. The highest BCUT2D eigenvalue weighted by atomic mass is 32.2. The second kappa shape index (κ2) is 19.5. The van der Waals surface area contributed by atoms with Crippen LogP contribution in [-0.4, -0.2) is 57.6 Å². The van der Waals surface area contributed by atoms with Crippen molar-refractivity contribution in [2.45, 2.75) is 67.7 Å². The molecule has 1 saturated heterocycles. The number of nitrogens with zero attached hydrogens (tertiary/aromatic N) is 1. The molecule has 0 bridgehead atoms. The molecule has 1 fully saturated rings. The first-order valence-electron chi connectivity index (χ1n) is 17.9. The third-order valence-electron chi connectivity index (χ3n) is 9.34. The van der Waals surface area contributed by atoms with Crippen molar-refractivity contribution in [3.05, 3.63) is 118 Å². The first-order valence-corrected chi connectivity index (χ1v) is 19.5. The molecule has 4 aromatic carbocycles. The van der Waals surface area contributed by atoms with Crippen LogP contribution in [0.2, 0.25) is 0 Å². The lowest BCUT2D eigenvalue weighted by Gasteiger charge is -2.39. The van der Waals surface area contributed by atoms with E-state index in [1.54, 1.807) is 7.05 Å². The van der Waals surface area contributed by atoms with Crippen LogP contribution in [0.5, 0.6) is 0 Å². The number of aldehydes is 1. The smallest absolute Gasteiger partial charge is 0.266 e. The summed E-state index contributed by atoms with van der Waals surface area (Å²) in [4.78, 5) is 25.3. The molecule has 280 valence electrons. The van der Waals surface area contributed by atoms with Crippen LogP contribution in [0.1, 0.15) is 71.8 Å². The maximum absolute atomic E-state index is 12.7. The minimum atomic E-state index is -3.75. The number of aryl methyl sites for hydroxylation is 4. The summed E-state index contributed by atoms with van der Waals surface area (Å²) in [6.07, 6.45) is 3.72. The number of piperidine rings is 1. The van der Waals surface area contributed by atoms with Crippen LogP contribution in [-0.2, 0) is 21.3 Å². The maximum atomic E-state index is 12.7. The van der Waals surface area contributed by atoms with E-state index in [-0.39, 0.29) is 11.7 Å². The van der Waals surface area contributed by atoms with Crippen LogP contribution in [0.15, 0.2) is 84.9 Å². The van der Waals surface area contributed by atoms with E-state index in [2.05, 4.69) is 106 Å². The minimum Gasteiger partial charge on any atom is -0.372 e. The number of benzene rings is 4. The van der Waals surface area contributed by atoms with Gasteiger partial charge < -0.3 is 15.5 Å². The van der Waals surface area contributed by atoms with Crippen molar-refractivity contribution in [2.24, 2.45) is 11.3 Å². The molecule has 3 N–H and O–H groups in total. The molecule has 0 radical (unpaired) electrons. The number of hydrogen-bond acceptors (Lipinski definition) is 6. The Morgan fingerprint density at radius 1 is 0.846 bits per heavy atom. The van der Waals surface area contributed by atoms with Gasteiger partial charge in [-0.05, 0) is 111 Å². The van der Waals surface area contributed by atoms with Gasteiger partial charge in [0.2, 0.25) is 5.91 Å². The summed E-state index contributed by atoms with van der Waals surface area (Å²) in [6.45, 7) is 18.0. The van der Waals surface area contributed by atoms with Crippen molar-refractivity contribution < 1.29 is 22.6 Å². The number of carbonyl (C=O) groups is 2. The summed E-state index contributed by atoms with van der Waals surface area (Å²) in [6, 6.07) is 28.6. The molecular formula is C43H57N3O5S. The van der Waals surface area contributed by atoms with Gasteiger partial charge in [-0.25, -0.2) is 0 Å². The molecule has 52 heavy (non-hydrogen) atoms. The number of rotatable bonds is 9. The van der Waals surface area contributed by atoms with Gasteiger partial charge in [-0.1, -0.05) is 92.6 Å². The van der Waals surface area contributed by atoms with Gasteiger partial charge in [-0.15, -0.1) is 0 Å². The standard InChI is InChI=1S/C32H40N2O.C8H8O.C3H9NO3S/c1-22-19-23(2)31(24(3)20-22)26-9-11-28(12-10-26)33-30(35)21-25-7-13-29(14-8-25)34-17-15-27(16-18-34)32(4,5)6;1-7-2-4-8(6-9)5-3-7;1-4-2-3-8(5,6)7/h7-14,19-20,27H,15-18,21H2,1-6H3,(H,33,35);2-6H,1H3;4H,2-3H2,1H3,(H,5,6,7). The molecule has 9 heteroatoms. The molecule has 4 aromatic rings. The van der Waals surface area contributed by atoms with Crippen molar-refractivity contribution >= 4 is 33.7 Å². The fourth-order valence-electron chi connectivity index (χ4n) is 6.45. The molecule has 0 spiro atoms. The second-order valence-corrected chi connectivity index (χ2v) is 16.4. The maximum Gasteiger partial charge on any atom is 0.266 e. The van der Waals surface area contributed by atoms with Gasteiger partial charge >= 0.3 is 0 Å². The number of nitrogens with one attached hydrogen (secondary N) is 2. The number of amides is 1. The zero-order chi connectivity index (χ0) is 38.5. The summed E-state index contributed by atoms with van der Waals surface area (Å²) in [5.74, 6) is 0.587. The number of anilines is 2. The Morgan fingerprint density at radius 2 is 1.40 bits per heavy atom. The molecule has 0 saturated carbocycles.